The smallest absolute Gasteiger partial charge is 0.234 e. The molecule has 0 aliphatic carbocycles. The molecule has 0 atom stereocenters. The first-order valence-corrected chi connectivity index (χ1v) is 9.67. The molecule has 0 saturated carbocycles. The summed E-state index contributed by atoms with van der Waals surface area (Å²) in [6.45, 7) is 1.95. The summed E-state index contributed by atoms with van der Waals surface area (Å²) >= 11 is 1.35. The number of hydrogen-bond donors (Lipinski definition) is 1. The van der Waals surface area contributed by atoms with E-state index in [1.54, 1.807) is 29.0 Å². The molecule has 0 unspecified atom stereocenters. The molecule has 2 heterocycles. The van der Waals surface area contributed by atoms with Crippen molar-refractivity contribution in [2.24, 2.45) is 0 Å². The molecule has 1 amide bonds. The molecule has 140 valence electrons. The van der Waals surface area contributed by atoms with Crippen LogP contribution in [-0.2, 0) is 4.79 Å². The number of carbonyl (C=O) groups excluding carboxylic acids is 1. The van der Waals surface area contributed by atoms with Gasteiger partial charge in [0.05, 0.1) is 17.0 Å². The first-order chi connectivity index (χ1) is 13.6. The average molecular weight is 392 g/mol. The van der Waals surface area contributed by atoms with E-state index in [0.29, 0.717) is 5.03 Å². The summed E-state index contributed by atoms with van der Waals surface area (Å²) < 4.78 is 14.9. The van der Waals surface area contributed by atoms with Crippen molar-refractivity contribution in [2.75, 3.05) is 11.1 Å². The molecule has 0 saturated heterocycles. The Balaban J connectivity index is 1.51. The SMILES string of the molecule is Cc1ccccc1NC(=O)CSc1nccn2nc(-c3ccc(F)cc3)cc12. The Bertz CT molecular complexity index is 1140. The number of amides is 1. The fourth-order valence-electron chi connectivity index (χ4n) is 2.80. The van der Waals surface area contributed by atoms with E-state index in [2.05, 4.69) is 15.4 Å². The fraction of sp³-hybridized carbons (Fsp3) is 0.0952. The molecule has 0 aliphatic heterocycles. The van der Waals surface area contributed by atoms with Crippen LogP contribution in [0.15, 0.2) is 72.0 Å². The Morgan fingerprint density at radius 2 is 1.96 bits per heavy atom. The monoisotopic (exact) mass is 392 g/mol. The van der Waals surface area contributed by atoms with E-state index in [9.17, 15) is 9.18 Å². The third-order valence-corrected chi connectivity index (χ3v) is 5.25. The summed E-state index contributed by atoms with van der Waals surface area (Å²) in [5.41, 5.74) is 4.16. The summed E-state index contributed by atoms with van der Waals surface area (Å²) in [7, 11) is 0. The minimum absolute atomic E-state index is 0.0959. The zero-order valence-electron chi connectivity index (χ0n) is 15.1. The molecular formula is C21H17FN4OS. The molecule has 7 heteroatoms. The van der Waals surface area contributed by atoms with Crippen molar-refractivity contribution in [2.45, 2.75) is 11.9 Å². The van der Waals surface area contributed by atoms with Crippen LogP contribution in [0.25, 0.3) is 16.8 Å². The maximum atomic E-state index is 13.2. The molecule has 4 aromatic rings. The molecule has 5 nitrogen and oxygen atoms in total. The van der Waals surface area contributed by atoms with Crippen molar-refractivity contribution < 1.29 is 9.18 Å². The van der Waals surface area contributed by atoms with E-state index in [-0.39, 0.29) is 17.5 Å². The maximum absolute atomic E-state index is 13.2. The first kappa shape index (κ1) is 18.2. The van der Waals surface area contributed by atoms with E-state index in [1.165, 1.54) is 23.9 Å². The molecule has 0 spiro atoms. The van der Waals surface area contributed by atoms with Crippen LogP contribution in [0.5, 0.6) is 0 Å². The predicted molar refractivity (Wildman–Crippen MR) is 109 cm³/mol. The van der Waals surface area contributed by atoms with Crippen LogP contribution in [-0.4, -0.2) is 26.3 Å². The van der Waals surface area contributed by atoms with Gasteiger partial charge in [-0.1, -0.05) is 30.0 Å². The van der Waals surface area contributed by atoms with Gasteiger partial charge in [0.25, 0.3) is 0 Å². The second kappa shape index (κ2) is 7.82. The average Bonchev–Trinajstić information content (AvgIpc) is 3.13. The summed E-state index contributed by atoms with van der Waals surface area (Å²) in [5, 5.41) is 8.15. The van der Waals surface area contributed by atoms with Gasteiger partial charge in [-0.05, 0) is 48.9 Å². The van der Waals surface area contributed by atoms with E-state index in [4.69, 9.17) is 0 Å². The number of halogens is 1. The number of carbonyl (C=O) groups is 1. The van der Waals surface area contributed by atoms with E-state index in [1.807, 2.05) is 37.3 Å². The number of benzene rings is 2. The predicted octanol–water partition coefficient (Wildman–Crippen LogP) is 4.57. The minimum Gasteiger partial charge on any atom is -0.325 e. The van der Waals surface area contributed by atoms with Crippen LogP contribution in [0.2, 0.25) is 0 Å². The van der Waals surface area contributed by atoms with Gasteiger partial charge in [-0.25, -0.2) is 13.9 Å². The molecular weight excluding hydrogens is 375 g/mol. The van der Waals surface area contributed by atoms with Gasteiger partial charge in [0, 0.05) is 23.6 Å². The molecule has 0 fully saturated rings. The number of aryl methyl sites for hydroxylation is 1. The second-order valence-electron chi connectivity index (χ2n) is 6.25. The highest BCUT2D eigenvalue weighted by Gasteiger charge is 2.12. The summed E-state index contributed by atoms with van der Waals surface area (Å²) in [4.78, 5) is 16.7. The van der Waals surface area contributed by atoms with E-state index in [0.717, 1.165) is 28.0 Å². The van der Waals surface area contributed by atoms with Crippen LogP contribution in [0.1, 0.15) is 5.56 Å². The van der Waals surface area contributed by atoms with Crippen molar-refractivity contribution in [3.8, 4) is 11.3 Å². The Labute approximate surface area is 165 Å². The largest absolute Gasteiger partial charge is 0.325 e. The van der Waals surface area contributed by atoms with Crippen LogP contribution >= 0.6 is 11.8 Å². The number of fused-ring (bicyclic) bond motifs is 1. The summed E-state index contributed by atoms with van der Waals surface area (Å²) in [5.74, 6) is -0.149. The second-order valence-corrected chi connectivity index (χ2v) is 7.21. The van der Waals surface area contributed by atoms with Crippen LogP contribution < -0.4 is 5.32 Å². The molecule has 2 aromatic carbocycles. The number of thioether (sulfide) groups is 1. The lowest BCUT2D eigenvalue weighted by Crippen LogP contribution is -2.14. The number of rotatable bonds is 5. The zero-order valence-corrected chi connectivity index (χ0v) is 15.9. The number of hydrogen-bond acceptors (Lipinski definition) is 4. The Kier molecular flexibility index (Phi) is 5.08. The highest BCUT2D eigenvalue weighted by molar-refractivity contribution is 8.00. The van der Waals surface area contributed by atoms with Gasteiger partial charge >= 0.3 is 0 Å². The summed E-state index contributed by atoms with van der Waals surface area (Å²) in [6.07, 6.45) is 3.40. The maximum Gasteiger partial charge on any atom is 0.234 e. The third kappa shape index (κ3) is 3.89. The minimum atomic E-state index is -0.287. The topological polar surface area (TPSA) is 59.3 Å². The van der Waals surface area contributed by atoms with Gasteiger partial charge in [0.1, 0.15) is 10.8 Å². The van der Waals surface area contributed by atoms with Gasteiger partial charge in [-0.2, -0.15) is 5.10 Å². The lowest BCUT2D eigenvalue weighted by Gasteiger charge is -2.08. The Morgan fingerprint density at radius 3 is 2.75 bits per heavy atom. The first-order valence-electron chi connectivity index (χ1n) is 8.69. The lowest BCUT2D eigenvalue weighted by molar-refractivity contribution is -0.113. The van der Waals surface area contributed by atoms with Crippen LogP contribution in [0.3, 0.4) is 0 Å². The standard InChI is InChI=1S/C21H17FN4OS/c1-14-4-2-3-5-17(14)24-20(27)13-28-21-19-12-18(25-26(19)11-10-23-21)15-6-8-16(22)9-7-15/h2-12H,13H2,1H3,(H,24,27). The van der Waals surface area contributed by atoms with Gasteiger partial charge in [0.2, 0.25) is 5.91 Å². The van der Waals surface area contributed by atoms with Crippen LogP contribution in [0.4, 0.5) is 10.1 Å². The van der Waals surface area contributed by atoms with Crippen LogP contribution in [0, 0.1) is 12.7 Å². The zero-order chi connectivity index (χ0) is 19.5. The van der Waals surface area contributed by atoms with Crippen molar-refractivity contribution in [3.05, 3.63) is 78.4 Å². The molecule has 0 bridgehead atoms. The van der Waals surface area contributed by atoms with Crippen molar-refractivity contribution in [1.82, 2.24) is 14.6 Å². The van der Waals surface area contributed by atoms with E-state index < -0.39 is 0 Å². The molecule has 4 rings (SSSR count). The van der Waals surface area contributed by atoms with Gasteiger partial charge < -0.3 is 5.32 Å². The number of nitrogens with one attached hydrogen (secondary N) is 1. The molecule has 0 aliphatic rings. The fourth-order valence-corrected chi connectivity index (χ4v) is 3.58. The number of anilines is 1. The van der Waals surface area contributed by atoms with Crippen molar-refractivity contribution in [1.29, 1.82) is 0 Å². The lowest BCUT2D eigenvalue weighted by atomic mass is 10.1. The highest BCUT2D eigenvalue weighted by Crippen LogP contribution is 2.26. The normalized spacial score (nSPS) is 10.9. The molecule has 2 aromatic heterocycles. The molecule has 28 heavy (non-hydrogen) atoms. The quantitative estimate of drug-likeness (QED) is 0.505. The number of para-hydroxylation sites is 1. The van der Waals surface area contributed by atoms with E-state index >= 15 is 0 Å². The molecule has 0 radical (unpaired) electrons. The third-order valence-electron chi connectivity index (χ3n) is 4.25. The van der Waals surface area contributed by atoms with Gasteiger partial charge in [0.15, 0.2) is 0 Å². The number of nitrogens with zero attached hydrogens (tertiary/aromatic N) is 3. The number of aromatic nitrogens is 3. The Hall–Kier alpha value is -3.19. The molecule has 1 N–H and O–H groups in total. The Morgan fingerprint density at radius 1 is 1.18 bits per heavy atom. The van der Waals surface area contributed by atoms with Crippen molar-refractivity contribution in [3.63, 3.8) is 0 Å². The van der Waals surface area contributed by atoms with Crippen molar-refractivity contribution >= 4 is 28.9 Å². The van der Waals surface area contributed by atoms with Gasteiger partial charge in [-0.3, -0.25) is 4.79 Å². The highest BCUT2D eigenvalue weighted by atomic mass is 32.2. The van der Waals surface area contributed by atoms with Gasteiger partial charge in [-0.15, -0.1) is 0 Å². The summed E-state index contributed by atoms with van der Waals surface area (Å²) in [6, 6.07) is 15.7.